The van der Waals surface area contributed by atoms with Crippen LogP contribution in [0.5, 0.6) is 0 Å². The zero-order valence-corrected chi connectivity index (χ0v) is 13.3. The Bertz CT molecular complexity index is 700. The van der Waals surface area contributed by atoms with Crippen molar-refractivity contribution in [1.82, 2.24) is 9.88 Å². The van der Waals surface area contributed by atoms with Gasteiger partial charge in [-0.15, -0.1) is 22.7 Å². The van der Waals surface area contributed by atoms with Crippen LogP contribution in [0.1, 0.15) is 10.6 Å². The van der Waals surface area contributed by atoms with E-state index in [9.17, 15) is 4.79 Å². The van der Waals surface area contributed by atoms with Gasteiger partial charge in [0.15, 0.2) is 5.17 Å². The summed E-state index contributed by atoms with van der Waals surface area (Å²) in [6.45, 7) is 1.93. The number of aryl methyl sites for hydroxylation is 1. The third-order valence-corrected chi connectivity index (χ3v) is 5.35. The summed E-state index contributed by atoms with van der Waals surface area (Å²) in [7, 11) is 1.74. The van der Waals surface area contributed by atoms with Crippen molar-refractivity contribution in [2.24, 2.45) is 4.99 Å². The summed E-state index contributed by atoms with van der Waals surface area (Å²) < 4.78 is 0. The summed E-state index contributed by atoms with van der Waals surface area (Å²) in [4.78, 5) is 24.3. The molecule has 0 aromatic carbocycles. The van der Waals surface area contributed by atoms with E-state index in [1.807, 2.05) is 35.9 Å². The molecule has 0 radical (unpaired) electrons. The number of amidine groups is 1. The lowest BCUT2D eigenvalue weighted by molar-refractivity contribution is -0.121. The van der Waals surface area contributed by atoms with E-state index in [1.165, 1.54) is 23.1 Å². The minimum absolute atomic E-state index is 0.0181. The second-order valence-electron chi connectivity index (χ2n) is 4.16. The highest BCUT2D eigenvalue weighted by atomic mass is 32.2. The van der Waals surface area contributed by atoms with E-state index in [1.54, 1.807) is 23.3 Å². The molecule has 1 aliphatic rings. The van der Waals surface area contributed by atoms with Crippen LogP contribution < -0.4 is 0 Å². The molecule has 2 aromatic heterocycles. The molecule has 0 bridgehead atoms. The maximum absolute atomic E-state index is 12.2. The Hall–Kier alpha value is -1.44. The van der Waals surface area contributed by atoms with E-state index in [2.05, 4.69) is 9.98 Å². The monoisotopic (exact) mass is 321 g/mol. The van der Waals surface area contributed by atoms with E-state index in [-0.39, 0.29) is 5.91 Å². The molecule has 2 aromatic rings. The van der Waals surface area contributed by atoms with Crippen LogP contribution in [0.2, 0.25) is 0 Å². The number of likely N-dealkylation sites (N-methyl/N-ethyl adjacent to an activating group) is 1. The largest absolute Gasteiger partial charge is 0.289 e. The van der Waals surface area contributed by atoms with Crippen molar-refractivity contribution >= 4 is 56.7 Å². The Kier molecular flexibility index (Phi) is 3.73. The van der Waals surface area contributed by atoms with Gasteiger partial charge < -0.3 is 0 Å². The Balaban J connectivity index is 1.89. The number of amides is 1. The molecule has 0 unspecified atom stereocenters. The minimum atomic E-state index is -0.0181. The molecule has 0 atom stereocenters. The van der Waals surface area contributed by atoms with Gasteiger partial charge in [-0.3, -0.25) is 9.69 Å². The molecular formula is C13H11N3OS3. The van der Waals surface area contributed by atoms with Gasteiger partial charge in [-0.05, 0) is 36.2 Å². The second kappa shape index (κ2) is 5.51. The van der Waals surface area contributed by atoms with E-state index in [4.69, 9.17) is 0 Å². The van der Waals surface area contributed by atoms with Crippen molar-refractivity contribution in [3.05, 3.63) is 38.4 Å². The standard InChI is InChI=1S/C13H11N3OS3/c1-8-7-19-12(14-8)15-13-16(2)11(17)10(20-13)6-9-4-3-5-18-9/h3-7H,1-2H3/b10-6+,15-13+. The molecule has 0 aliphatic carbocycles. The van der Waals surface area contributed by atoms with Crippen molar-refractivity contribution in [2.75, 3.05) is 7.05 Å². The number of thiazole rings is 1. The van der Waals surface area contributed by atoms with Gasteiger partial charge >= 0.3 is 0 Å². The quantitative estimate of drug-likeness (QED) is 0.791. The fourth-order valence-electron chi connectivity index (χ4n) is 1.63. The molecule has 7 heteroatoms. The van der Waals surface area contributed by atoms with Crippen molar-refractivity contribution < 1.29 is 4.79 Å². The topological polar surface area (TPSA) is 45.6 Å². The summed E-state index contributed by atoms with van der Waals surface area (Å²) in [6, 6.07) is 3.96. The zero-order valence-electron chi connectivity index (χ0n) is 10.9. The first-order valence-corrected chi connectivity index (χ1v) is 8.43. The van der Waals surface area contributed by atoms with Crippen LogP contribution in [-0.4, -0.2) is 28.0 Å². The van der Waals surface area contributed by atoms with Crippen LogP contribution in [0.15, 0.2) is 32.8 Å². The highest BCUT2D eigenvalue weighted by molar-refractivity contribution is 8.18. The fourth-order valence-corrected chi connectivity index (χ4v) is 4.04. The average molecular weight is 321 g/mol. The summed E-state index contributed by atoms with van der Waals surface area (Å²) in [6.07, 6.45) is 1.91. The molecule has 0 N–H and O–H groups in total. The molecule has 1 saturated heterocycles. The molecule has 0 saturated carbocycles. The molecular weight excluding hydrogens is 310 g/mol. The average Bonchev–Trinajstić information content (AvgIpc) is 3.11. The molecule has 20 heavy (non-hydrogen) atoms. The minimum Gasteiger partial charge on any atom is -0.289 e. The van der Waals surface area contributed by atoms with Crippen LogP contribution in [0, 0.1) is 6.92 Å². The van der Waals surface area contributed by atoms with Crippen LogP contribution in [0.4, 0.5) is 5.13 Å². The summed E-state index contributed by atoms with van der Waals surface area (Å²) in [5, 5.41) is 5.30. The number of nitrogens with zero attached hydrogens (tertiary/aromatic N) is 3. The summed E-state index contributed by atoms with van der Waals surface area (Å²) >= 11 is 4.48. The first-order valence-electron chi connectivity index (χ1n) is 5.85. The first kappa shape index (κ1) is 13.5. The third kappa shape index (κ3) is 2.70. The highest BCUT2D eigenvalue weighted by Crippen LogP contribution is 2.34. The Morgan fingerprint density at radius 3 is 2.90 bits per heavy atom. The first-order chi connectivity index (χ1) is 9.63. The lowest BCUT2D eigenvalue weighted by atomic mass is 10.4. The SMILES string of the molecule is Cc1csc(/N=C2/S/C(=C/c3cccs3)C(=O)N2C)n1. The molecule has 1 amide bonds. The van der Waals surface area contributed by atoms with Crippen molar-refractivity contribution in [2.45, 2.75) is 6.92 Å². The van der Waals surface area contributed by atoms with Crippen LogP contribution in [0.25, 0.3) is 6.08 Å². The highest BCUT2D eigenvalue weighted by Gasteiger charge is 2.30. The molecule has 0 spiro atoms. The number of aromatic nitrogens is 1. The van der Waals surface area contributed by atoms with Crippen LogP contribution in [0.3, 0.4) is 0 Å². The van der Waals surface area contributed by atoms with Crippen molar-refractivity contribution in [1.29, 1.82) is 0 Å². The number of rotatable bonds is 2. The fraction of sp³-hybridized carbons (Fsp3) is 0.154. The molecule has 1 fully saturated rings. The van der Waals surface area contributed by atoms with Gasteiger partial charge in [0.05, 0.1) is 10.6 Å². The van der Waals surface area contributed by atoms with Crippen molar-refractivity contribution in [3.8, 4) is 0 Å². The Morgan fingerprint density at radius 1 is 1.40 bits per heavy atom. The number of thiophene rings is 1. The molecule has 1 aliphatic heterocycles. The van der Waals surface area contributed by atoms with Crippen LogP contribution in [-0.2, 0) is 4.79 Å². The van der Waals surface area contributed by atoms with E-state index >= 15 is 0 Å². The normalized spacial score (nSPS) is 19.5. The lowest BCUT2D eigenvalue weighted by Crippen LogP contribution is -2.23. The lowest BCUT2D eigenvalue weighted by Gasteiger charge is -2.05. The predicted octanol–water partition coefficient (Wildman–Crippen LogP) is 3.75. The Morgan fingerprint density at radius 2 is 2.25 bits per heavy atom. The van der Waals surface area contributed by atoms with Gasteiger partial charge in [-0.25, -0.2) is 4.98 Å². The van der Waals surface area contributed by atoms with E-state index < -0.39 is 0 Å². The predicted molar refractivity (Wildman–Crippen MR) is 86.6 cm³/mol. The molecule has 4 nitrogen and oxygen atoms in total. The Labute approximate surface area is 128 Å². The summed E-state index contributed by atoms with van der Waals surface area (Å²) in [5.74, 6) is -0.0181. The smallest absolute Gasteiger partial charge is 0.266 e. The zero-order chi connectivity index (χ0) is 14.1. The second-order valence-corrected chi connectivity index (χ2v) is 6.98. The number of hydrogen-bond donors (Lipinski definition) is 0. The van der Waals surface area contributed by atoms with Gasteiger partial charge in [-0.1, -0.05) is 6.07 Å². The number of thioether (sulfide) groups is 1. The van der Waals surface area contributed by atoms with Gasteiger partial charge in [0.1, 0.15) is 0 Å². The van der Waals surface area contributed by atoms with Gasteiger partial charge in [0.2, 0.25) is 5.13 Å². The van der Waals surface area contributed by atoms with E-state index in [0.29, 0.717) is 15.2 Å². The number of carbonyl (C=O) groups excluding carboxylic acids is 1. The van der Waals surface area contributed by atoms with E-state index in [0.717, 1.165) is 10.6 Å². The number of aliphatic imine (C=N–C) groups is 1. The molecule has 3 rings (SSSR count). The van der Waals surface area contributed by atoms with Gasteiger partial charge in [-0.2, -0.15) is 4.99 Å². The molecule has 3 heterocycles. The van der Waals surface area contributed by atoms with Crippen LogP contribution >= 0.6 is 34.4 Å². The van der Waals surface area contributed by atoms with Gasteiger partial charge in [0, 0.05) is 17.3 Å². The molecule has 102 valence electrons. The maximum Gasteiger partial charge on any atom is 0.266 e. The maximum atomic E-state index is 12.2. The van der Waals surface area contributed by atoms with Crippen molar-refractivity contribution in [3.63, 3.8) is 0 Å². The summed E-state index contributed by atoms with van der Waals surface area (Å²) in [5.41, 5.74) is 0.945. The third-order valence-electron chi connectivity index (χ3n) is 2.62. The van der Waals surface area contributed by atoms with Gasteiger partial charge in [0.25, 0.3) is 5.91 Å². The number of carbonyl (C=O) groups is 1. The number of hydrogen-bond acceptors (Lipinski definition) is 6.